The third kappa shape index (κ3) is 3.93. The van der Waals surface area contributed by atoms with Crippen LogP contribution < -0.4 is 4.74 Å². The first-order valence-corrected chi connectivity index (χ1v) is 6.56. The summed E-state index contributed by atoms with van der Waals surface area (Å²) in [6, 6.07) is 15.1. The molecule has 0 aliphatic rings. The number of hydrogen-bond acceptors (Lipinski definition) is 3. The van der Waals surface area contributed by atoms with Gasteiger partial charge in [0.25, 0.3) is 0 Å². The summed E-state index contributed by atoms with van der Waals surface area (Å²) in [4.78, 5) is 11.2. The zero-order valence-corrected chi connectivity index (χ0v) is 11.8. The van der Waals surface area contributed by atoms with E-state index in [4.69, 9.17) is 9.47 Å². The van der Waals surface area contributed by atoms with Crippen LogP contribution in [0.15, 0.2) is 48.5 Å². The van der Waals surface area contributed by atoms with Gasteiger partial charge >= 0.3 is 0 Å². The van der Waals surface area contributed by atoms with Crippen LogP contribution in [0.5, 0.6) is 11.5 Å². The molecule has 0 bridgehead atoms. The van der Waals surface area contributed by atoms with Crippen LogP contribution in [0.1, 0.15) is 22.8 Å². The van der Waals surface area contributed by atoms with E-state index in [1.54, 1.807) is 38.3 Å². The van der Waals surface area contributed by atoms with Crippen LogP contribution >= 0.6 is 0 Å². The lowest BCUT2D eigenvalue weighted by Gasteiger charge is -2.07. The van der Waals surface area contributed by atoms with Crippen LogP contribution in [0.2, 0.25) is 0 Å². The third-order valence-electron chi connectivity index (χ3n) is 3.01. The molecule has 0 amide bonds. The summed E-state index contributed by atoms with van der Waals surface area (Å²) >= 11 is 0. The minimum Gasteiger partial charge on any atom is -0.457 e. The van der Waals surface area contributed by atoms with Crippen molar-refractivity contribution in [1.82, 2.24) is 0 Å². The van der Waals surface area contributed by atoms with Crippen molar-refractivity contribution in [3.63, 3.8) is 0 Å². The van der Waals surface area contributed by atoms with Gasteiger partial charge in [0.2, 0.25) is 0 Å². The molecule has 0 unspecified atom stereocenters. The molecule has 3 nitrogen and oxygen atoms in total. The molecule has 0 aliphatic heterocycles. The van der Waals surface area contributed by atoms with E-state index in [9.17, 15) is 4.79 Å². The second-order valence-electron chi connectivity index (χ2n) is 4.57. The molecule has 2 aromatic carbocycles. The molecule has 0 saturated heterocycles. The molecule has 0 saturated carbocycles. The maximum atomic E-state index is 11.2. The Kier molecular flexibility index (Phi) is 4.91. The standard InChI is InChI=1S/C17H18O3/c1-13(18)15-5-9-17(10-6-15)20-16-7-3-14(4-8-16)11-12-19-2/h3-10H,11-12H2,1-2H3. The Morgan fingerprint density at radius 3 is 2.00 bits per heavy atom. The molecule has 0 heterocycles. The molecular weight excluding hydrogens is 252 g/mol. The number of carbonyl (C=O) groups is 1. The number of rotatable bonds is 6. The first-order valence-electron chi connectivity index (χ1n) is 6.56. The van der Waals surface area contributed by atoms with Crippen LogP contribution in [0, 0.1) is 0 Å². The lowest BCUT2D eigenvalue weighted by molar-refractivity contribution is 0.101. The fraction of sp³-hybridized carbons (Fsp3) is 0.235. The summed E-state index contributed by atoms with van der Waals surface area (Å²) in [5.41, 5.74) is 1.90. The number of Topliss-reactive ketones (excluding diaryl/α,β-unsaturated/α-hetero) is 1. The second kappa shape index (κ2) is 6.87. The van der Waals surface area contributed by atoms with Crippen molar-refractivity contribution in [2.45, 2.75) is 13.3 Å². The minimum atomic E-state index is 0.0547. The average molecular weight is 270 g/mol. The topological polar surface area (TPSA) is 35.5 Å². The molecule has 0 N–H and O–H groups in total. The number of methoxy groups -OCH3 is 1. The van der Waals surface area contributed by atoms with Gasteiger partial charge in [0, 0.05) is 12.7 Å². The summed E-state index contributed by atoms with van der Waals surface area (Å²) in [5, 5.41) is 0. The van der Waals surface area contributed by atoms with Gasteiger partial charge in [-0.3, -0.25) is 4.79 Å². The van der Waals surface area contributed by atoms with Crippen LogP contribution in [-0.2, 0) is 11.2 Å². The van der Waals surface area contributed by atoms with Crippen LogP contribution in [0.3, 0.4) is 0 Å². The molecule has 0 atom stereocenters. The maximum absolute atomic E-state index is 11.2. The maximum Gasteiger partial charge on any atom is 0.159 e. The van der Waals surface area contributed by atoms with Crippen molar-refractivity contribution in [2.24, 2.45) is 0 Å². The van der Waals surface area contributed by atoms with E-state index >= 15 is 0 Å². The molecule has 3 heteroatoms. The van der Waals surface area contributed by atoms with E-state index in [1.807, 2.05) is 24.3 Å². The van der Waals surface area contributed by atoms with Crippen LogP contribution in [0.4, 0.5) is 0 Å². The molecule has 20 heavy (non-hydrogen) atoms. The fourth-order valence-corrected chi connectivity index (χ4v) is 1.84. The first-order chi connectivity index (χ1) is 9.69. The van der Waals surface area contributed by atoms with Gasteiger partial charge in [-0.15, -0.1) is 0 Å². The molecule has 0 fully saturated rings. The highest BCUT2D eigenvalue weighted by molar-refractivity contribution is 5.94. The van der Waals surface area contributed by atoms with Gasteiger partial charge in [-0.2, -0.15) is 0 Å². The van der Waals surface area contributed by atoms with Gasteiger partial charge in [-0.25, -0.2) is 0 Å². The van der Waals surface area contributed by atoms with Gasteiger partial charge < -0.3 is 9.47 Å². The Bertz CT molecular complexity index is 556. The highest BCUT2D eigenvalue weighted by atomic mass is 16.5. The number of ether oxygens (including phenoxy) is 2. The first kappa shape index (κ1) is 14.3. The number of ketones is 1. The van der Waals surface area contributed by atoms with Crippen molar-refractivity contribution in [2.75, 3.05) is 13.7 Å². The van der Waals surface area contributed by atoms with Crippen molar-refractivity contribution >= 4 is 5.78 Å². The lowest BCUT2D eigenvalue weighted by Crippen LogP contribution is -1.94. The van der Waals surface area contributed by atoms with Crippen molar-refractivity contribution in [3.8, 4) is 11.5 Å². The largest absolute Gasteiger partial charge is 0.457 e. The van der Waals surface area contributed by atoms with Crippen LogP contribution in [-0.4, -0.2) is 19.5 Å². The second-order valence-corrected chi connectivity index (χ2v) is 4.57. The van der Waals surface area contributed by atoms with Gasteiger partial charge in [-0.05, 0) is 55.3 Å². The minimum absolute atomic E-state index is 0.0547. The van der Waals surface area contributed by atoms with E-state index in [0.717, 1.165) is 17.9 Å². The Hall–Kier alpha value is -2.13. The summed E-state index contributed by atoms with van der Waals surface area (Å²) in [6.07, 6.45) is 0.893. The van der Waals surface area contributed by atoms with E-state index in [0.29, 0.717) is 12.2 Å². The van der Waals surface area contributed by atoms with Gasteiger partial charge in [0.1, 0.15) is 11.5 Å². The van der Waals surface area contributed by atoms with E-state index in [-0.39, 0.29) is 5.78 Å². The Morgan fingerprint density at radius 2 is 1.50 bits per heavy atom. The molecule has 2 aromatic rings. The summed E-state index contributed by atoms with van der Waals surface area (Å²) < 4.78 is 10.8. The molecule has 0 spiro atoms. The molecule has 0 aliphatic carbocycles. The number of hydrogen-bond donors (Lipinski definition) is 0. The summed E-state index contributed by atoms with van der Waals surface area (Å²) in [5.74, 6) is 1.56. The molecule has 0 aromatic heterocycles. The Labute approximate surface area is 119 Å². The predicted octanol–water partition coefficient (Wildman–Crippen LogP) is 3.87. The highest BCUT2D eigenvalue weighted by Crippen LogP contribution is 2.22. The summed E-state index contributed by atoms with van der Waals surface area (Å²) in [7, 11) is 1.70. The zero-order valence-electron chi connectivity index (χ0n) is 11.8. The number of carbonyl (C=O) groups excluding carboxylic acids is 1. The van der Waals surface area contributed by atoms with Crippen LogP contribution in [0.25, 0.3) is 0 Å². The van der Waals surface area contributed by atoms with Gasteiger partial charge in [-0.1, -0.05) is 12.1 Å². The molecule has 0 radical (unpaired) electrons. The van der Waals surface area contributed by atoms with E-state index in [2.05, 4.69) is 0 Å². The molecular formula is C17H18O3. The summed E-state index contributed by atoms with van der Waals surface area (Å²) in [6.45, 7) is 2.27. The normalized spacial score (nSPS) is 10.3. The Morgan fingerprint density at radius 1 is 0.950 bits per heavy atom. The smallest absolute Gasteiger partial charge is 0.159 e. The zero-order chi connectivity index (χ0) is 14.4. The lowest BCUT2D eigenvalue weighted by atomic mass is 10.1. The predicted molar refractivity (Wildman–Crippen MR) is 78.5 cm³/mol. The monoisotopic (exact) mass is 270 g/mol. The van der Waals surface area contributed by atoms with Gasteiger partial charge in [0.15, 0.2) is 5.78 Å². The van der Waals surface area contributed by atoms with Crippen molar-refractivity contribution < 1.29 is 14.3 Å². The van der Waals surface area contributed by atoms with E-state index < -0.39 is 0 Å². The van der Waals surface area contributed by atoms with Crippen molar-refractivity contribution in [1.29, 1.82) is 0 Å². The fourth-order valence-electron chi connectivity index (χ4n) is 1.84. The molecule has 104 valence electrons. The Balaban J connectivity index is 2.00. The SMILES string of the molecule is COCCc1ccc(Oc2ccc(C(C)=O)cc2)cc1. The average Bonchev–Trinajstić information content (AvgIpc) is 2.47. The highest BCUT2D eigenvalue weighted by Gasteiger charge is 2.01. The van der Waals surface area contributed by atoms with Crippen molar-refractivity contribution in [3.05, 3.63) is 59.7 Å². The quantitative estimate of drug-likeness (QED) is 0.747. The number of benzene rings is 2. The van der Waals surface area contributed by atoms with Gasteiger partial charge in [0.05, 0.1) is 6.61 Å². The third-order valence-corrected chi connectivity index (χ3v) is 3.01. The van der Waals surface area contributed by atoms with E-state index in [1.165, 1.54) is 5.56 Å². The molecule has 2 rings (SSSR count).